The zero-order valence-electron chi connectivity index (χ0n) is 13.7. The van der Waals surface area contributed by atoms with E-state index < -0.39 is 0 Å². The van der Waals surface area contributed by atoms with Gasteiger partial charge in [-0.25, -0.2) is 4.68 Å². The quantitative estimate of drug-likeness (QED) is 0.921. The van der Waals surface area contributed by atoms with Gasteiger partial charge in [0.15, 0.2) is 0 Å². The molecule has 3 rings (SSSR count). The van der Waals surface area contributed by atoms with Crippen LogP contribution in [0.5, 0.6) is 0 Å². The SMILES string of the molecule is CC1CCN(c2ccc(=O)n(CC(=O)Nc3ccncc3)n2)CC1. The van der Waals surface area contributed by atoms with E-state index in [9.17, 15) is 9.59 Å². The van der Waals surface area contributed by atoms with Crippen LogP contribution in [0.4, 0.5) is 11.5 Å². The van der Waals surface area contributed by atoms with E-state index in [0.29, 0.717) is 5.69 Å². The summed E-state index contributed by atoms with van der Waals surface area (Å²) in [5.41, 5.74) is 0.359. The number of carbonyl (C=O) groups excluding carboxylic acids is 1. The average Bonchev–Trinajstić information content (AvgIpc) is 2.58. The molecule has 0 atom stereocenters. The second kappa shape index (κ2) is 7.25. The third-order valence-electron chi connectivity index (χ3n) is 4.22. The Morgan fingerprint density at radius 1 is 1.21 bits per heavy atom. The Labute approximate surface area is 140 Å². The molecule has 1 saturated heterocycles. The first kappa shape index (κ1) is 16.2. The molecule has 0 radical (unpaired) electrons. The van der Waals surface area contributed by atoms with E-state index in [1.807, 2.05) is 0 Å². The number of aromatic nitrogens is 3. The fourth-order valence-corrected chi connectivity index (χ4v) is 2.73. The Balaban J connectivity index is 1.70. The molecule has 24 heavy (non-hydrogen) atoms. The molecule has 0 aromatic carbocycles. The summed E-state index contributed by atoms with van der Waals surface area (Å²) in [5.74, 6) is 1.18. The maximum atomic E-state index is 12.1. The van der Waals surface area contributed by atoms with Gasteiger partial charge in [0.1, 0.15) is 12.4 Å². The van der Waals surface area contributed by atoms with E-state index >= 15 is 0 Å². The lowest BCUT2D eigenvalue weighted by atomic mass is 9.99. The predicted molar refractivity (Wildman–Crippen MR) is 92.0 cm³/mol. The van der Waals surface area contributed by atoms with Crippen molar-refractivity contribution in [3.63, 3.8) is 0 Å². The maximum absolute atomic E-state index is 12.1. The number of nitrogens with one attached hydrogen (secondary N) is 1. The standard InChI is InChI=1S/C17H21N5O2/c1-13-6-10-21(11-7-13)15-2-3-17(24)22(20-15)12-16(23)19-14-4-8-18-9-5-14/h2-5,8-9,13H,6-7,10-12H2,1H3,(H,18,19,23). The second-order valence-electron chi connectivity index (χ2n) is 6.14. The van der Waals surface area contributed by atoms with Gasteiger partial charge < -0.3 is 10.2 Å². The zero-order valence-corrected chi connectivity index (χ0v) is 13.7. The minimum Gasteiger partial charge on any atom is -0.355 e. The Morgan fingerprint density at radius 2 is 1.92 bits per heavy atom. The van der Waals surface area contributed by atoms with Gasteiger partial charge in [0.2, 0.25) is 5.91 Å². The minimum absolute atomic E-state index is 0.112. The van der Waals surface area contributed by atoms with Gasteiger partial charge >= 0.3 is 0 Å². The predicted octanol–water partition coefficient (Wildman–Crippen LogP) is 1.51. The van der Waals surface area contributed by atoms with E-state index in [1.165, 1.54) is 10.7 Å². The number of piperidine rings is 1. The first-order valence-corrected chi connectivity index (χ1v) is 8.15. The van der Waals surface area contributed by atoms with Gasteiger partial charge in [-0.15, -0.1) is 0 Å². The molecule has 1 amide bonds. The Morgan fingerprint density at radius 3 is 2.62 bits per heavy atom. The smallest absolute Gasteiger partial charge is 0.267 e. The van der Waals surface area contributed by atoms with Crippen LogP contribution in [-0.4, -0.2) is 33.8 Å². The molecule has 1 fully saturated rings. The molecule has 3 heterocycles. The third-order valence-corrected chi connectivity index (χ3v) is 4.22. The molecule has 1 aliphatic heterocycles. The highest BCUT2D eigenvalue weighted by Crippen LogP contribution is 2.20. The molecule has 1 aliphatic rings. The molecule has 126 valence electrons. The van der Waals surface area contributed by atoms with Crippen LogP contribution in [0.25, 0.3) is 0 Å². The highest BCUT2D eigenvalue weighted by molar-refractivity contribution is 5.90. The lowest BCUT2D eigenvalue weighted by Crippen LogP contribution is -2.36. The number of amides is 1. The highest BCUT2D eigenvalue weighted by atomic mass is 16.2. The van der Waals surface area contributed by atoms with Crippen molar-refractivity contribution < 1.29 is 4.79 Å². The van der Waals surface area contributed by atoms with Crippen LogP contribution in [0.2, 0.25) is 0 Å². The molecule has 0 unspecified atom stereocenters. The lowest BCUT2D eigenvalue weighted by molar-refractivity contribution is -0.117. The van der Waals surface area contributed by atoms with Crippen molar-refractivity contribution in [3.8, 4) is 0 Å². The number of hydrogen-bond acceptors (Lipinski definition) is 5. The molecule has 1 N–H and O–H groups in total. The summed E-state index contributed by atoms with van der Waals surface area (Å²) in [5, 5.41) is 7.09. The fraction of sp³-hybridized carbons (Fsp3) is 0.412. The van der Waals surface area contributed by atoms with Gasteiger partial charge in [-0.3, -0.25) is 14.6 Å². The van der Waals surface area contributed by atoms with Crippen LogP contribution in [0.1, 0.15) is 19.8 Å². The number of rotatable bonds is 4. The summed E-state index contributed by atoms with van der Waals surface area (Å²) in [7, 11) is 0. The first-order valence-electron chi connectivity index (χ1n) is 8.15. The van der Waals surface area contributed by atoms with Crippen LogP contribution in [0.15, 0.2) is 41.5 Å². The molecular weight excluding hydrogens is 306 g/mol. The van der Waals surface area contributed by atoms with E-state index in [4.69, 9.17) is 0 Å². The molecule has 7 nitrogen and oxygen atoms in total. The molecule has 2 aromatic heterocycles. The molecule has 0 aliphatic carbocycles. The lowest BCUT2D eigenvalue weighted by Gasteiger charge is -2.31. The fourth-order valence-electron chi connectivity index (χ4n) is 2.73. The van der Waals surface area contributed by atoms with Crippen LogP contribution in [0, 0.1) is 5.92 Å². The highest BCUT2D eigenvalue weighted by Gasteiger charge is 2.18. The molecule has 0 spiro atoms. The number of hydrogen-bond donors (Lipinski definition) is 1. The van der Waals surface area contributed by atoms with E-state index in [-0.39, 0.29) is 18.0 Å². The van der Waals surface area contributed by atoms with Crippen LogP contribution in [0.3, 0.4) is 0 Å². The molecular formula is C17H21N5O2. The summed E-state index contributed by atoms with van der Waals surface area (Å²) in [6.45, 7) is 3.99. The third kappa shape index (κ3) is 3.98. The van der Waals surface area contributed by atoms with Gasteiger partial charge in [0.05, 0.1) is 0 Å². The van der Waals surface area contributed by atoms with Crippen molar-refractivity contribution >= 4 is 17.4 Å². The second-order valence-corrected chi connectivity index (χ2v) is 6.14. The van der Waals surface area contributed by atoms with Crippen molar-refractivity contribution in [2.75, 3.05) is 23.3 Å². The van der Waals surface area contributed by atoms with Crippen molar-refractivity contribution in [1.82, 2.24) is 14.8 Å². The number of anilines is 2. The van der Waals surface area contributed by atoms with Gasteiger partial charge in [-0.1, -0.05) is 6.92 Å². The summed E-state index contributed by atoms with van der Waals surface area (Å²) in [4.78, 5) is 30.2. The Bertz CT molecular complexity index is 751. The first-order chi connectivity index (χ1) is 11.6. The van der Waals surface area contributed by atoms with Gasteiger partial charge in [-0.05, 0) is 37.0 Å². The van der Waals surface area contributed by atoms with Crippen molar-refractivity contribution in [1.29, 1.82) is 0 Å². The largest absolute Gasteiger partial charge is 0.355 e. The van der Waals surface area contributed by atoms with Gasteiger partial charge in [0.25, 0.3) is 5.56 Å². The zero-order chi connectivity index (χ0) is 16.9. The summed E-state index contributed by atoms with van der Waals surface area (Å²) >= 11 is 0. The maximum Gasteiger partial charge on any atom is 0.267 e. The number of carbonyl (C=O) groups is 1. The van der Waals surface area contributed by atoms with Crippen molar-refractivity contribution in [2.24, 2.45) is 5.92 Å². The minimum atomic E-state index is -0.291. The molecule has 0 saturated carbocycles. The summed E-state index contributed by atoms with van der Waals surface area (Å²) < 4.78 is 1.21. The van der Waals surface area contributed by atoms with Crippen molar-refractivity contribution in [2.45, 2.75) is 26.3 Å². The van der Waals surface area contributed by atoms with Gasteiger partial charge in [0, 0.05) is 37.2 Å². The average molecular weight is 327 g/mol. The monoisotopic (exact) mass is 327 g/mol. The topological polar surface area (TPSA) is 80.1 Å². The number of pyridine rings is 1. The van der Waals surface area contributed by atoms with Crippen molar-refractivity contribution in [3.05, 3.63) is 47.0 Å². The van der Waals surface area contributed by atoms with E-state index in [2.05, 4.69) is 27.2 Å². The van der Waals surface area contributed by atoms with E-state index in [0.717, 1.165) is 37.7 Å². The molecule has 0 bridgehead atoms. The van der Waals surface area contributed by atoms with Crippen LogP contribution < -0.4 is 15.8 Å². The molecule has 7 heteroatoms. The summed E-state index contributed by atoms with van der Waals surface area (Å²) in [6, 6.07) is 6.59. The molecule has 2 aromatic rings. The Hall–Kier alpha value is -2.70. The summed E-state index contributed by atoms with van der Waals surface area (Å²) in [6.07, 6.45) is 5.42. The van der Waals surface area contributed by atoms with Crippen LogP contribution >= 0.6 is 0 Å². The van der Waals surface area contributed by atoms with Gasteiger partial charge in [-0.2, -0.15) is 5.10 Å². The van der Waals surface area contributed by atoms with Crippen LogP contribution in [-0.2, 0) is 11.3 Å². The number of nitrogens with zero attached hydrogens (tertiary/aromatic N) is 4. The van der Waals surface area contributed by atoms with E-state index in [1.54, 1.807) is 30.6 Å². The normalized spacial score (nSPS) is 15.3. The Kier molecular flexibility index (Phi) is 4.88.